The average molecular weight is 390 g/mol. The molecule has 0 aliphatic heterocycles. The lowest BCUT2D eigenvalue weighted by molar-refractivity contribution is -0.121. The molecule has 0 radical (unpaired) electrons. The molecule has 0 atom stereocenters. The number of carbonyl (C=O) groups excluding carboxylic acids is 1. The molecular weight excluding hydrogens is 376 g/mol. The Morgan fingerprint density at radius 2 is 1.81 bits per heavy atom. The maximum Gasteiger partial charge on any atom is 0.402 e. The SMILES string of the molecule is Cc1ccc(F)cc1NC(=O)c1cccc(S(=O)(=O)NCC(F)(F)F)c1. The molecule has 0 aliphatic carbocycles. The van der Waals surface area contributed by atoms with Crippen molar-refractivity contribution in [1.29, 1.82) is 0 Å². The van der Waals surface area contributed by atoms with Gasteiger partial charge in [-0.2, -0.15) is 13.2 Å². The van der Waals surface area contributed by atoms with Crippen LogP contribution in [0.25, 0.3) is 0 Å². The van der Waals surface area contributed by atoms with E-state index in [2.05, 4.69) is 5.32 Å². The van der Waals surface area contributed by atoms with Crippen LogP contribution in [0.5, 0.6) is 0 Å². The normalized spacial score (nSPS) is 12.0. The molecule has 0 saturated heterocycles. The first-order valence-corrected chi connectivity index (χ1v) is 8.70. The Bertz CT molecular complexity index is 927. The summed E-state index contributed by atoms with van der Waals surface area (Å²) in [5.41, 5.74) is 0.664. The van der Waals surface area contributed by atoms with Crippen LogP contribution in [0.1, 0.15) is 15.9 Å². The van der Waals surface area contributed by atoms with Gasteiger partial charge in [0.15, 0.2) is 0 Å². The largest absolute Gasteiger partial charge is 0.402 e. The zero-order valence-corrected chi connectivity index (χ0v) is 14.2. The topological polar surface area (TPSA) is 75.3 Å². The zero-order chi connectivity index (χ0) is 19.5. The van der Waals surface area contributed by atoms with Crippen LogP contribution >= 0.6 is 0 Å². The van der Waals surface area contributed by atoms with E-state index in [1.54, 1.807) is 6.92 Å². The fourth-order valence-electron chi connectivity index (χ4n) is 1.99. The van der Waals surface area contributed by atoms with Crippen LogP contribution < -0.4 is 10.0 Å². The number of hydrogen-bond acceptors (Lipinski definition) is 3. The van der Waals surface area contributed by atoms with Crippen molar-refractivity contribution in [2.45, 2.75) is 18.0 Å². The van der Waals surface area contributed by atoms with Crippen LogP contribution in [0.4, 0.5) is 23.2 Å². The lowest BCUT2D eigenvalue weighted by Crippen LogP contribution is -2.33. The summed E-state index contributed by atoms with van der Waals surface area (Å²) >= 11 is 0. The summed E-state index contributed by atoms with van der Waals surface area (Å²) in [4.78, 5) is 11.8. The summed E-state index contributed by atoms with van der Waals surface area (Å²) in [5.74, 6) is -1.30. The molecule has 0 aromatic heterocycles. The van der Waals surface area contributed by atoms with Crippen molar-refractivity contribution in [1.82, 2.24) is 4.72 Å². The maximum atomic E-state index is 13.3. The predicted octanol–water partition coefficient (Wildman–Crippen LogP) is 3.23. The number of halogens is 4. The van der Waals surface area contributed by atoms with Gasteiger partial charge in [0.1, 0.15) is 12.4 Å². The summed E-state index contributed by atoms with van der Waals surface area (Å²) in [6, 6.07) is 8.25. The third kappa shape index (κ3) is 5.27. The van der Waals surface area contributed by atoms with E-state index in [9.17, 15) is 30.8 Å². The minimum atomic E-state index is -4.71. The van der Waals surface area contributed by atoms with Crippen molar-refractivity contribution >= 4 is 21.6 Å². The van der Waals surface area contributed by atoms with Gasteiger partial charge in [-0.05, 0) is 42.8 Å². The van der Waals surface area contributed by atoms with E-state index in [4.69, 9.17) is 0 Å². The second kappa shape index (κ2) is 7.42. The van der Waals surface area contributed by atoms with Gasteiger partial charge in [0.2, 0.25) is 10.0 Å². The number of benzene rings is 2. The van der Waals surface area contributed by atoms with Crippen molar-refractivity contribution in [3.05, 3.63) is 59.4 Å². The molecule has 0 heterocycles. The lowest BCUT2D eigenvalue weighted by atomic mass is 10.1. The summed E-state index contributed by atoms with van der Waals surface area (Å²) in [5, 5.41) is 2.43. The van der Waals surface area contributed by atoms with Gasteiger partial charge in [-0.1, -0.05) is 12.1 Å². The van der Waals surface area contributed by atoms with Gasteiger partial charge >= 0.3 is 6.18 Å². The van der Waals surface area contributed by atoms with Gasteiger partial charge < -0.3 is 5.32 Å². The molecule has 26 heavy (non-hydrogen) atoms. The van der Waals surface area contributed by atoms with Crippen LogP contribution in [0.2, 0.25) is 0 Å². The number of aryl methyl sites for hydroxylation is 1. The standard InChI is InChI=1S/C16H14F4N2O3S/c1-10-5-6-12(17)8-14(10)22-15(23)11-3-2-4-13(7-11)26(24,25)21-9-16(18,19)20/h2-8,21H,9H2,1H3,(H,22,23). The van der Waals surface area contributed by atoms with E-state index in [-0.39, 0.29) is 11.3 Å². The molecule has 0 saturated carbocycles. The third-order valence-electron chi connectivity index (χ3n) is 3.32. The molecule has 2 rings (SSSR count). The molecule has 10 heteroatoms. The number of alkyl halides is 3. The van der Waals surface area contributed by atoms with Crippen molar-refractivity contribution in [2.75, 3.05) is 11.9 Å². The second-order valence-electron chi connectivity index (χ2n) is 5.38. The van der Waals surface area contributed by atoms with Crippen LogP contribution in [-0.4, -0.2) is 27.0 Å². The maximum absolute atomic E-state index is 13.3. The van der Waals surface area contributed by atoms with Crippen LogP contribution in [-0.2, 0) is 10.0 Å². The van der Waals surface area contributed by atoms with Crippen LogP contribution in [0, 0.1) is 12.7 Å². The highest BCUT2D eigenvalue weighted by molar-refractivity contribution is 7.89. The first kappa shape index (κ1) is 19.9. The summed E-state index contributed by atoms with van der Waals surface area (Å²) in [6.45, 7) is -0.0920. The van der Waals surface area contributed by atoms with Gasteiger partial charge in [0.25, 0.3) is 5.91 Å². The highest BCUT2D eigenvalue weighted by atomic mass is 32.2. The Kier molecular flexibility index (Phi) is 5.67. The quantitative estimate of drug-likeness (QED) is 0.770. The van der Waals surface area contributed by atoms with Gasteiger partial charge in [-0.15, -0.1) is 0 Å². The Hall–Kier alpha value is -2.46. The average Bonchev–Trinajstić information content (AvgIpc) is 2.56. The number of anilines is 1. The molecule has 2 aromatic rings. The van der Waals surface area contributed by atoms with E-state index in [0.29, 0.717) is 5.56 Å². The van der Waals surface area contributed by atoms with E-state index in [1.807, 2.05) is 0 Å². The fourth-order valence-corrected chi connectivity index (χ4v) is 3.05. The number of amides is 1. The smallest absolute Gasteiger partial charge is 0.322 e. The summed E-state index contributed by atoms with van der Waals surface area (Å²) in [7, 11) is -4.45. The van der Waals surface area contributed by atoms with E-state index < -0.39 is 39.4 Å². The number of hydrogen-bond donors (Lipinski definition) is 2. The molecular formula is C16H14F4N2O3S. The first-order chi connectivity index (χ1) is 12.0. The van der Waals surface area contributed by atoms with Gasteiger partial charge in [0, 0.05) is 11.3 Å². The van der Waals surface area contributed by atoms with Crippen LogP contribution in [0.15, 0.2) is 47.4 Å². The Morgan fingerprint density at radius 3 is 2.46 bits per heavy atom. The zero-order valence-electron chi connectivity index (χ0n) is 13.4. The molecule has 140 valence electrons. The number of sulfonamides is 1. The third-order valence-corrected chi connectivity index (χ3v) is 4.72. The molecule has 0 aliphatic rings. The molecule has 2 aromatic carbocycles. The van der Waals surface area contributed by atoms with E-state index in [1.165, 1.54) is 29.0 Å². The van der Waals surface area contributed by atoms with Crippen molar-refractivity contribution in [2.24, 2.45) is 0 Å². The van der Waals surface area contributed by atoms with E-state index in [0.717, 1.165) is 18.2 Å². The first-order valence-electron chi connectivity index (χ1n) is 7.22. The van der Waals surface area contributed by atoms with Crippen molar-refractivity contribution in [3.63, 3.8) is 0 Å². The lowest BCUT2D eigenvalue weighted by Gasteiger charge is -2.11. The fraction of sp³-hybridized carbons (Fsp3) is 0.188. The monoisotopic (exact) mass is 390 g/mol. The highest BCUT2D eigenvalue weighted by Gasteiger charge is 2.30. The van der Waals surface area contributed by atoms with Gasteiger partial charge in [-0.25, -0.2) is 17.5 Å². The molecule has 0 fully saturated rings. The number of carbonyl (C=O) groups is 1. The highest BCUT2D eigenvalue weighted by Crippen LogP contribution is 2.19. The number of rotatable bonds is 5. The second-order valence-corrected chi connectivity index (χ2v) is 7.15. The molecule has 0 spiro atoms. The summed E-state index contributed by atoms with van der Waals surface area (Å²) < 4.78 is 75.1. The van der Waals surface area contributed by atoms with E-state index >= 15 is 0 Å². The molecule has 5 nitrogen and oxygen atoms in total. The Balaban J connectivity index is 2.23. The molecule has 2 N–H and O–H groups in total. The Labute approximate surface area is 147 Å². The predicted molar refractivity (Wildman–Crippen MR) is 86.8 cm³/mol. The minimum Gasteiger partial charge on any atom is -0.322 e. The molecule has 0 unspecified atom stereocenters. The van der Waals surface area contributed by atoms with Crippen LogP contribution in [0.3, 0.4) is 0 Å². The number of nitrogens with one attached hydrogen (secondary N) is 2. The molecule has 1 amide bonds. The van der Waals surface area contributed by atoms with Gasteiger partial charge in [-0.3, -0.25) is 4.79 Å². The molecule has 0 bridgehead atoms. The Morgan fingerprint density at radius 1 is 1.12 bits per heavy atom. The van der Waals surface area contributed by atoms with Gasteiger partial charge in [0.05, 0.1) is 4.90 Å². The van der Waals surface area contributed by atoms with Crippen molar-refractivity contribution in [3.8, 4) is 0 Å². The van der Waals surface area contributed by atoms with Crippen molar-refractivity contribution < 1.29 is 30.8 Å². The minimum absolute atomic E-state index is 0.108. The summed E-state index contributed by atoms with van der Waals surface area (Å²) in [6.07, 6.45) is -4.71.